The number of nitrogens with zero attached hydrogens (tertiary/aromatic N) is 1. The van der Waals surface area contributed by atoms with Gasteiger partial charge in [-0.15, -0.1) is 0 Å². The van der Waals surface area contributed by atoms with Gasteiger partial charge < -0.3 is 5.32 Å². The standard InChI is InChI=1S/C20H21F3N2O3S/c1-20(19(26)24-12-14-3-5-15(21)6-4-14)9-2-10-25(13-20)29(27,28)18-8-7-16(22)11-17(18)23/h3-8,11H,2,9-10,12-13H2,1H3,(H,24,26). The van der Waals surface area contributed by atoms with Crippen molar-refractivity contribution in [2.75, 3.05) is 13.1 Å². The first-order valence-corrected chi connectivity index (χ1v) is 10.5. The minimum atomic E-state index is -4.22. The number of halogens is 3. The molecule has 0 saturated carbocycles. The normalized spacial score (nSPS) is 20.4. The summed E-state index contributed by atoms with van der Waals surface area (Å²) in [7, 11) is -4.22. The van der Waals surface area contributed by atoms with Crippen molar-refractivity contribution >= 4 is 15.9 Å². The Balaban J connectivity index is 1.74. The summed E-state index contributed by atoms with van der Waals surface area (Å²) in [6, 6.07) is 7.96. The van der Waals surface area contributed by atoms with E-state index in [1.54, 1.807) is 19.1 Å². The Kier molecular flexibility index (Phi) is 6.00. The van der Waals surface area contributed by atoms with Crippen LogP contribution in [-0.4, -0.2) is 31.7 Å². The zero-order chi connectivity index (χ0) is 21.2. The van der Waals surface area contributed by atoms with Crippen LogP contribution < -0.4 is 5.32 Å². The molecule has 0 radical (unpaired) electrons. The van der Waals surface area contributed by atoms with Gasteiger partial charge in [-0.3, -0.25) is 4.79 Å². The fourth-order valence-corrected chi connectivity index (χ4v) is 5.05. The second-order valence-electron chi connectivity index (χ2n) is 7.39. The SMILES string of the molecule is CC1(C(=O)NCc2ccc(F)cc2)CCCN(S(=O)(=O)c2ccc(F)cc2F)C1. The fraction of sp³-hybridized carbons (Fsp3) is 0.350. The van der Waals surface area contributed by atoms with E-state index < -0.39 is 32.0 Å². The molecule has 1 aliphatic rings. The van der Waals surface area contributed by atoms with E-state index >= 15 is 0 Å². The first kappa shape index (κ1) is 21.3. The average molecular weight is 426 g/mol. The molecule has 9 heteroatoms. The highest BCUT2D eigenvalue weighted by atomic mass is 32.2. The number of hydrogen-bond donors (Lipinski definition) is 1. The number of benzene rings is 2. The molecule has 1 amide bonds. The van der Waals surface area contributed by atoms with Crippen molar-refractivity contribution in [1.82, 2.24) is 9.62 Å². The van der Waals surface area contributed by atoms with E-state index in [2.05, 4.69) is 5.32 Å². The highest BCUT2D eigenvalue weighted by Crippen LogP contribution is 2.33. The number of amides is 1. The third kappa shape index (κ3) is 4.62. The molecule has 0 aromatic heterocycles. The van der Waals surface area contributed by atoms with Crippen LogP contribution in [-0.2, 0) is 21.4 Å². The fourth-order valence-electron chi connectivity index (χ4n) is 3.40. The maximum absolute atomic E-state index is 14.0. The van der Waals surface area contributed by atoms with Gasteiger partial charge in [0.05, 0.1) is 5.41 Å². The molecule has 1 fully saturated rings. The number of rotatable bonds is 5. The van der Waals surface area contributed by atoms with Gasteiger partial charge in [0.25, 0.3) is 0 Å². The van der Waals surface area contributed by atoms with Crippen LogP contribution in [0.4, 0.5) is 13.2 Å². The molecule has 29 heavy (non-hydrogen) atoms. The summed E-state index contributed by atoms with van der Waals surface area (Å²) in [6.45, 7) is 1.84. The minimum absolute atomic E-state index is 0.124. The van der Waals surface area contributed by atoms with E-state index in [1.165, 1.54) is 12.1 Å². The lowest BCUT2D eigenvalue weighted by molar-refractivity contribution is -0.132. The second kappa shape index (κ2) is 8.16. The van der Waals surface area contributed by atoms with E-state index in [-0.39, 0.29) is 31.4 Å². The molecule has 1 saturated heterocycles. The number of sulfonamides is 1. The molecule has 1 unspecified atom stereocenters. The number of carbonyl (C=O) groups excluding carboxylic acids is 1. The molecule has 2 aromatic carbocycles. The van der Waals surface area contributed by atoms with Crippen LogP contribution >= 0.6 is 0 Å². The Labute approximate surface area is 167 Å². The van der Waals surface area contributed by atoms with Crippen LogP contribution in [0.1, 0.15) is 25.3 Å². The van der Waals surface area contributed by atoms with E-state index in [1.807, 2.05) is 0 Å². The lowest BCUT2D eigenvalue weighted by Gasteiger charge is -2.38. The zero-order valence-electron chi connectivity index (χ0n) is 15.8. The van der Waals surface area contributed by atoms with Crippen molar-refractivity contribution in [1.29, 1.82) is 0 Å². The van der Waals surface area contributed by atoms with E-state index in [9.17, 15) is 26.4 Å². The van der Waals surface area contributed by atoms with Gasteiger partial charge in [0.1, 0.15) is 22.3 Å². The summed E-state index contributed by atoms with van der Waals surface area (Å²) in [5, 5.41) is 2.75. The van der Waals surface area contributed by atoms with Gasteiger partial charge in [-0.1, -0.05) is 12.1 Å². The smallest absolute Gasteiger partial charge is 0.246 e. The van der Waals surface area contributed by atoms with Gasteiger partial charge in [-0.05, 0) is 49.6 Å². The van der Waals surface area contributed by atoms with Crippen molar-refractivity contribution in [3.05, 3.63) is 65.5 Å². The van der Waals surface area contributed by atoms with Gasteiger partial charge in [0.2, 0.25) is 15.9 Å². The summed E-state index contributed by atoms with van der Waals surface area (Å²) in [4.78, 5) is 12.1. The molecule has 0 aliphatic carbocycles. The van der Waals surface area contributed by atoms with E-state index in [4.69, 9.17) is 0 Å². The predicted octanol–water partition coefficient (Wildman–Crippen LogP) is 3.21. The predicted molar refractivity (Wildman–Crippen MR) is 101 cm³/mol. The molecule has 1 aliphatic heterocycles. The largest absolute Gasteiger partial charge is 0.352 e. The van der Waals surface area contributed by atoms with Gasteiger partial charge in [-0.25, -0.2) is 21.6 Å². The van der Waals surface area contributed by atoms with Crippen molar-refractivity contribution in [3.63, 3.8) is 0 Å². The maximum atomic E-state index is 14.0. The molecule has 0 spiro atoms. The highest BCUT2D eigenvalue weighted by Gasteiger charge is 2.42. The van der Waals surface area contributed by atoms with Crippen LogP contribution in [0, 0.1) is 22.9 Å². The first-order valence-electron chi connectivity index (χ1n) is 9.10. The summed E-state index contributed by atoms with van der Waals surface area (Å²) in [5.74, 6) is -2.77. The van der Waals surface area contributed by atoms with Crippen molar-refractivity contribution in [2.45, 2.75) is 31.2 Å². The van der Waals surface area contributed by atoms with Crippen LogP contribution in [0.25, 0.3) is 0 Å². The molecule has 1 N–H and O–H groups in total. The van der Waals surface area contributed by atoms with Crippen molar-refractivity contribution < 1.29 is 26.4 Å². The Morgan fingerprint density at radius 2 is 1.76 bits per heavy atom. The molecule has 5 nitrogen and oxygen atoms in total. The summed E-state index contributed by atoms with van der Waals surface area (Å²) in [6.07, 6.45) is 0.878. The van der Waals surface area contributed by atoms with Crippen LogP contribution in [0.5, 0.6) is 0 Å². The van der Waals surface area contributed by atoms with Crippen LogP contribution in [0.15, 0.2) is 47.4 Å². The lowest BCUT2D eigenvalue weighted by Crippen LogP contribution is -2.51. The second-order valence-corrected chi connectivity index (χ2v) is 9.29. The Morgan fingerprint density at radius 1 is 1.10 bits per heavy atom. The molecule has 1 heterocycles. The molecular weight excluding hydrogens is 405 g/mol. The monoisotopic (exact) mass is 426 g/mol. The van der Waals surface area contributed by atoms with Gasteiger partial charge in [0, 0.05) is 25.7 Å². The number of carbonyl (C=O) groups is 1. The summed E-state index contributed by atoms with van der Waals surface area (Å²) < 4.78 is 66.9. The van der Waals surface area contributed by atoms with E-state index in [0.29, 0.717) is 24.5 Å². The lowest BCUT2D eigenvalue weighted by atomic mass is 9.82. The third-order valence-corrected chi connectivity index (χ3v) is 6.97. The average Bonchev–Trinajstić information content (AvgIpc) is 2.67. The molecule has 156 valence electrons. The van der Waals surface area contributed by atoms with Crippen molar-refractivity contribution in [3.8, 4) is 0 Å². The van der Waals surface area contributed by atoms with E-state index in [0.717, 1.165) is 16.4 Å². The molecule has 0 bridgehead atoms. The highest BCUT2D eigenvalue weighted by molar-refractivity contribution is 7.89. The summed E-state index contributed by atoms with van der Waals surface area (Å²) >= 11 is 0. The third-order valence-electron chi connectivity index (χ3n) is 5.09. The van der Waals surface area contributed by atoms with Crippen LogP contribution in [0.2, 0.25) is 0 Å². The molecule has 3 rings (SSSR count). The number of nitrogens with one attached hydrogen (secondary N) is 1. The van der Waals surface area contributed by atoms with Gasteiger partial charge in [0.15, 0.2) is 0 Å². The Bertz CT molecular complexity index is 1010. The number of hydrogen-bond acceptors (Lipinski definition) is 3. The van der Waals surface area contributed by atoms with Gasteiger partial charge >= 0.3 is 0 Å². The Hall–Kier alpha value is -2.39. The van der Waals surface area contributed by atoms with Gasteiger partial charge in [-0.2, -0.15) is 4.31 Å². The summed E-state index contributed by atoms with van der Waals surface area (Å²) in [5.41, 5.74) is -0.306. The van der Waals surface area contributed by atoms with Crippen molar-refractivity contribution in [2.24, 2.45) is 5.41 Å². The minimum Gasteiger partial charge on any atom is -0.352 e. The maximum Gasteiger partial charge on any atom is 0.246 e. The molecule has 1 atom stereocenters. The Morgan fingerprint density at radius 3 is 2.41 bits per heavy atom. The molecular formula is C20H21F3N2O3S. The zero-order valence-corrected chi connectivity index (χ0v) is 16.6. The van der Waals surface area contributed by atoms with Crippen LogP contribution in [0.3, 0.4) is 0 Å². The molecule has 2 aromatic rings. The first-order chi connectivity index (χ1) is 13.6. The number of piperidine rings is 1. The quantitative estimate of drug-likeness (QED) is 0.799. The topological polar surface area (TPSA) is 66.5 Å².